The summed E-state index contributed by atoms with van der Waals surface area (Å²) in [5.41, 5.74) is 1.20. The molecule has 3 nitrogen and oxygen atoms in total. The summed E-state index contributed by atoms with van der Waals surface area (Å²) in [6.07, 6.45) is 6.57. The Balaban J connectivity index is 2.24. The van der Waals surface area contributed by atoms with Crippen LogP contribution in [0.5, 0.6) is 0 Å². The fraction of sp³-hybridized carbons (Fsp3) is 0.333. The molecule has 1 unspecified atom stereocenters. The van der Waals surface area contributed by atoms with E-state index in [0.717, 1.165) is 12.8 Å². The Bertz CT molecular complexity index is 384. The number of rotatable bonds is 2. The molecule has 0 saturated carbocycles. The van der Waals surface area contributed by atoms with Gasteiger partial charge in [-0.25, -0.2) is 0 Å². The van der Waals surface area contributed by atoms with E-state index in [4.69, 9.17) is 0 Å². The van der Waals surface area contributed by atoms with Gasteiger partial charge in [0.2, 0.25) is 0 Å². The van der Waals surface area contributed by atoms with Crippen molar-refractivity contribution in [3.05, 3.63) is 41.7 Å². The lowest BCUT2D eigenvalue weighted by Crippen LogP contribution is -2.14. The summed E-state index contributed by atoms with van der Waals surface area (Å²) in [6.45, 7) is 0. The van der Waals surface area contributed by atoms with E-state index < -0.39 is 6.10 Å². The van der Waals surface area contributed by atoms with Crippen molar-refractivity contribution in [2.45, 2.75) is 25.4 Å². The molecule has 2 rings (SSSR count). The van der Waals surface area contributed by atoms with Gasteiger partial charge in [-0.2, -0.15) is 0 Å². The highest BCUT2D eigenvalue weighted by Gasteiger charge is 2.22. The number of Topliss-reactive ketones (excluding diaryl/α,β-unsaturated/α-hetero) is 1. The maximum Gasteiger partial charge on any atom is 0.161 e. The number of aromatic nitrogens is 1. The minimum Gasteiger partial charge on any atom is -0.383 e. The van der Waals surface area contributed by atoms with Crippen molar-refractivity contribution < 1.29 is 9.90 Å². The molecule has 0 spiro atoms. The van der Waals surface area contributed by atoms with Crippen molar-refractivity contribution in [3.8, 4) is 0 Å². The normalized spacial score (nSPS) is 18.5. The van der Waals surface area contributed by atoms with Gasteiger partial charge in [0.15, 0.2) is 5.78 Å². The number of hydrogen-bond acceptors (Lipinski definition) is 3. The quantitative estimate of drug-likeness (QED) is 0.797. The molecule has 78 valence electrons. The number of ketones is 1. The molecule has 1 atom stereocenters. The van der Waals surface area contributed by atoms with Crippen LogP contribution in [-0.4, -0.2) is 15.9 Å². The molecule has 0 aliphatic heterocycles. The summed E-state index contributed by atoms with van der Waals surface area (Å²) in [5.74, 6) is 0.0533. The molecule has 1 heterocycles. The van der Waals surface area contributed by atoms with Gasteiger partial charge in [0.25, 0.3) is 0 Å². The summed E-state index contributed by atoms with van der Waals surface area (Å²) in [4.78, 5) is 15.5. The summed E-state index contributed by atoms with van der Waals surface area (Å²) >= 11 is 0. The zero-order valence-corrected chi connectivity index (χ0v) is 8.39. The van der Waals surface area contributed by atoms with Gasteiger partial charge in [-0.05, 0) is 18.9 Å². The van der Waals surface area contributed by atoms with E-state index in [1.807, 2.05) is 6.08 Å². The van der Waals surface area contributed by atoms with Gasteiger partial charge in [-0.3, -0.25) is 9.78 Å². The maximum absolute atomic E-state index is 11.6. The second kappa shape index (κ2) is 4.36. The van der Waals surface area contributed by atoms with Crippen molar-refractivity contribution in [2.24, 2.45) is 0 Å². The van der Waals surface area contributed by atoms with Gasteiger partial charge in [0.05, 0.1) is 0 Å². The molecule has 0 amide bonds. The molecule has 1 aliphatic rings. The van der Waals surface area contributed by atoms with E-state index in [-0.39, 0.29) is 5.78 Å². The Kier molecular flexibility index (Phi) is 2.92. The van der Waals surface area contributed by atoms with Crippen molar-refractivity contribution in [2.75, 3.05) is 0 Å². The molecular weight excluding hydrogens is 190 g/mol. The molecule has 3 heteroatoms. The van der Waals surface area contributed by atoms with Crippen molar-refractivity contribution in [1.29, 1.82) is 0 Å². The molecule has 1 aliphatic carbocycles. The minimum absolute atomic E-state index is 0.0533. The molecule has 1 aromatic rings. The van der Waals surface area contributed by atoms with Crippen LogP contribution in [0.1, 0.15) is 30.9 Å². The third kappa shape index (κ3) is 2.13. The molecule has 15 heavy (non-hydrogen) atoms. The van der Waals surface area contributed by atoms with Gasteiger partial charge < -0.3 is 5.11 Å². The van der Waals surface area contributed by atoms with Crippen LogP contribution < -0.4 is 0 Å². The average molecular weight is 203 g/mol. The highest BCUT2D eigenvalue weighted by Crippen LogP contribution is 2.26. The van der Waals surface area contributed by atoms with E-state index in [2.05, 4.69) is 4.98 Å². The molecule has 0 fully saturated rings. The topological polar surface area (TPSA) is 50.2 Å². The Morgan fingerprint density at radius 1 is 1.47 bits per heavy atom. The second-order valence-electron chi connectivity index (χ2n) is 3.66. The lowest BCUT2D eigenvalue weighted by atomic mass is 9.91. The molecule has 0 saturated heterocycles. The van der Waals surface area contributed by atoms with E-state index >= 15 is 0 Å². The first-order valence-corrected chi connectivity index (χ1v) is 5.10. The monoisotopic (exact) mass is 203 g/mol. The fourth-order valence-corrected chi connectivity index (χ4v) is 1.76. The van der Waals surface area contributed by atoms with Crippen LogP contribution in [-0.2, 0) is 4.79 Å². The number of carbonyl (C=O) groups is 1. The summed E-state index contributed by atoms with van der Waals surface area (Å²) in [5, 5.41) is 9.99. The van der Waals surface area contributed by atoms with Crippen LogP contribution in [0.2, 0.25) is 0 Å². The Labute approximate surface area is 88.5 Å². The van der Waals surface area contributed by atoms with E-state index in [9.17, 15) is 9.90 Å². The molecular formula is C12H13NO2. The summed E-state index contributed by atoms with van der Waals surface area (Å²) in [7, 11) is 0. The molecule has 0 radical (unpaired) electrons. The number of aliphatic hydroxyl groups is 1. The van der Waals surface area contributed by atoms with Gasteiger partial charge in [-0.15, -0.1) is 0 Å². The summed E-state index contributed by atoms with van der Waals surface area (Å²) in [6, 6.07) is 3.53. The largest absolute Gasteiger partial charge is 0.383 e. The van der Waals surface area contributed by atoms with Gasteiger partial charge >= 0.3 is 0 Å². The number of aliphatic hydroxyl groups excluding tert-OH is 1. The molecule has 1 aromatic heterocycles. The second-order valence-corrected chi connectivity index (χ2v) is 3.66. The summed E-state index contributed by atoms with van der Waals surface area (Å²) < 4.78 is 0. The van der Waals surface area contributed by atoms with Crippen LogP contribution in [0, 0.1) is 0 Å². The third-order valence-electron chi connectivity index (χ3n) is 2.59. The third-order valence-corrected chi connectivity index (χ3v) is 2.59. The van der Waals surface area contributed by atoms with Crippen LogP contribution >= 0.6 is 0 Å². The maximum atomic E-state index is 11.6. The Morgan fingerprint density at radius 3 is 3.00 bits per heavy atom. The Morgan fingerprint density at radius 2 is 2.33 bits per heavy atom. The number of nitrogens with zero attached hydrogens (tertiary/aromatic N) is 1. The number of allylic oxidation sites excluding steroid dienone is 1. The standard InChI is InChI=1S/C12H13NO2/c14-11-6-2-1-5-10(11)12(15)9-4-3-7-13-8-9/h3-5,7-8,12,15H,1-2,6H2. The van der Waals surface area contributed by atoms with Gasteiger partial charge in [0.1, 0.15) is 6.10 Å². The molecule has 0 bridgehead atoms. The zero-order chi connectivity index (χ0) is 10.7. The first kappa shape index (κ1) is 10.1. The van der Waals surface area contributed by atoms with Crippen LogP contribution in [0.25, 0.3) is 0 Å². The van der Waals surface area contributed by atoms with Gasteiger partial charge in [0, 0.05) is 30.0 Å². The van der Waals surface area contributed by atoms with Crippen molar-refractivity contribution in [3.63, 3.8) is 0 Å². The predicted octanol–water partition coefficient (Wildman–Crippen LogP) is 1.79. The zero-order valence-electron chi connectivity index (χ0n) is 8.39. The van der Waals surface area contributed by atoms with E-state index in [1.165, 1.54) is 0 Å². The predicted molar refractivity (Wildman–Crippen MR) is 56.1 cm³/mol. The minimum atomic E-state index is -0.813. The number of carbonyl (C=O) groups excluding carboxylic acids is 1. The van der Waals surface area contributed by atoms with Crippen molar-refractivity contribution >= 4 is 5.78 Å². The van der Waals surface area contributed by atoms with Crippen molar-refractivity contribution in [1.82, 2.24) is 4.98 Å². The van der Waals surface area contributed by atoms with E-state index in [0.29, 0.717) is 17.6 Å². The average Bonchev–Trinajstić information content (AvgIpc) is 2.30. The fourth-order valence-electron chi connectivity index (χ4n) is 1.76. The first-order valence-electron chi connectivity index (χ1n) is 5.10. The molecule has 1 N–H and O–H groups in total. The van der Waals surface area contributed by atoms with Crippen LogP contribution in [0.4, 0.5) is 0 Å². The first-order chi connectivity index (χ1) is 7.29. The smallest absolute Gasteiger partial charge is 0.161 e. The van der Waals surface area contributed by atoms with Gasteiger partial charge in [-0.1, -0.05) is 12.1 Å². The Hall–Kier alpha value is -1.48. The highest BCUT2D eigenvalue weighted by atomic mass is 16.3. The SMILES string of the molecule is O=C1CCCC=C1C(O)c1cccnc1. The number of pyridine rings is 1. The lowest BCUT2D eigenvalue weighted by molar-refractivity contribution is -0.117. The highest BCUT2D eigenvalue weighted by molar-refractivity contribution is 5.97. The van der Waals surface area contributed by atoms with Crippen LogP contribution in [0.3, 0.4) is 0 Å². The van der Waals surface area contributed by atoms with E-state index in [1.54, 1.807) is 24.5 Å². The van der Waals surface area contributed by atoms with Crippen LogP contribution in [0.15, 0.2) is 36.2 Å². The molecule has 0 aromatic carbocycles. The lowest BCUT2D eigenvalue weighted by Gasteiger charge is -2.17. The number of hydrogen-bond donors (Lipinski definition) is 1.